The number of anilines is 1. The first kappa shape index (κ1) is 29.6. The molecule has 0 bridgehead atoms. The Bertz CT molecular complexity index is 1490. The number of nitrogens with one attached hydrogen (secondary N) is 1. The van der Waals surface area contributed by atoms with Crippen molar-refractivity contribution in [2.24, 2.45) is 0 Å². The lowest BCUT2D eigenvalue weighted by molar-refractivity contribution is -0.139. The van der Waals surface area contributed by atoms with E-state index in [1.54, 1.807) is 35.5 Å². The minimum atomic E-state index is -0.580. The normalized spacial score (nSPS) is 13.5. The van der Waals surface area contributed by atoms with Gasteiger partial charge in [0.15, 0.2) is 0 Å². The van der Waals surface area contributed by atoms with Gasteiger partial charge in [0.1, 0.15) is 13.2 Å². The first-order chi connectivity index (χ1) is 21.0. The Morgan fingerprint density at radius 3 is 2.02 bits per heavy atom. The number of amides is 2. The fourth-order valence-corrected chi connectivity index (χ4v) is 5.28. The van der Waals surface area contributed by atoms with E-state index in [0.717, 1.165) is 11.1 Å². The summed E-state index contributed by atoms with van der Waals surface area (Å²) < 4.78 is 10.4. The van der Waals surface area contributed by atoms with Crippen LogP contribution in [-0.4, -0.2) is 79.1 Å². The predicted molar refractivity (Wildman–Crippen MR) is 163 cm³/mol. The van der Waals surface area contributed by atoms with Gasteiger partial charge in [0, 0.05) is 38.6 Å². The molecule has 0 spiro atoms. The van der Waals surface area contributed by atoms with Crippen LogP contribution in [0.4, 0.5) is 5.69 Å². The average molecular weight is 579 g/mol. The third-order valence-corrected chi connectivity index (χ3v) is 7.43. The maximum Gasteiger partial charge on any atom is 0.339 e. The number of benzene rings is 3. The zero-order chi connectivity index (χ0) is 30.0. The minimum Gasteiger partial charge on any atom is -0.465 e. The van der Waals surface area contributed by atoms with Gasteiger partial charge in [-0.25, -0.2) is 4.79 Å². The summed E-state index contributed by atoms with van der Waals surface area (Å²) in [6.07, 6.45) is 3.32. The van der Waals surface area contributed by atoms with E-state index >= 15 is 0 Å². The number of esters is 1. The van der Waals surface area contributed by atoms with Crippen LogP contribution in [0.3, 0.4) is 0 Å². The summed E-state index contributed by atoms with van der Waals surface area (Å²) >= 11 is 0. The fourth-order valence-electron chi connectivity index (χ4n) is 5.28. The minimum absolute atomic E-state index is 0.105. The van der Waals surface area contributed by atoms with E-state index in [-0.39, 0.29) is 30.7 Å². The Kier molecular flexibility index (Phi) is 9.89. The first-order valence-electron chi connectivity index (χ1n) is 14.2. The molecule has 1 aliphatic rings. The van der Waals surface area contributed by atoms with Crippen molar-refractivity contribution in [2.45, 2.75) is 6.04 Å². The summed E-state index contributed by atoms with van der Waals surface area (Å²) in [5.41, 5.74) is 4.59. The number of rotatable bonds is 10. The summed E-state index contributed by atoms with van der Waals surface area (Å²) in [6, 6.07) is 29.6. The molecule has 0 saturated carbocycles. The number of hydrogen-bond donors (Lipinski definition) is 1. The Morgan fingerprint density at radius 2 is 1.42 bits per heavy atom. The van der Waals surface area contributed by atoms with Crippen LogP contribution in [0.25, 0.3) is 11.1 Å². The summed E-state index contributed by atoms with van der Waals surface area (Å²) in [5, 5.41) is 2.70. The zero-order valence-corrected chi connectivity index (χ0v) is 24.0. The van der Waals surface area contributed by atoms with Gasteiger partial charge >= 0.3 is 5.97 Å². The number of piperazine rings is 1. The molecule has 1 aromatic heterocycles. The van der Waals surface area contributed by atoms with Crippen molar-refractivity contribution in [3.05, 3.63) is 120 Å². The van der Waals surface area contributed by atoms with Crippen LogP contribution in [0.1, 0.15) is 27.5 Å². The highest BCUT2D eigenvalue weighted by Gasteiger charge is 2.28. The number of methoxy groups -OCH3 is 1. The molecule has 220 valence electrons. The second kappa shape index (κ2) is 14.4. The van der Waals surface area contributed by atoms with Crippen LogP contribution in [-0.2, 0) is 19.1 Å². The second-order valence-electron chi connectivity index (χ2n) is 10.2. The highest BCUT2D eigenvalue weighted by atomic mass is 16.5. The number of hydrogen-bond acceptors (Lipinski definition) is 7. The Hall–Kier alpha value is -4.86. The highest BCUT2D eigenvalue weighted by molar-refractivity contribution is 6.02. The van der Waals surface area contributed by atoms with Crippen molar-refractivity contribution in [2.75, 3.05) is 51.8 Å². The molecule has 3 aromatic carbocycles. The maximum atomic E-state index is 12.9. The van der Waals surface area contributed by atoms with Crippen molar-refractivity contribution in [3.8, 4) is 11.1 Å². The van der Waals surface area contributed by atoms with E-state index in [9.17, 15) is 14.4 Å². The van der Waals surface area contributed by atoms with Gasteiger partial charge in [-0.1, -0.05) is 66.7 Å². The van der Waals surface area contributed by atoms with E-state index in [2.05, 4.69) is 39.5 Å². The van der Waals surface area contributed by atoms with E-state index < -0.39 is 11.9 Å². The molecule has 1 saturated heterocycles. The average Bonchev–Trinajstić information content (AvgIpc) is 3.06. The molecule has 1 N–H and O–H groups in total. The summed E-state index contributed by atoms with van der Waals surface area (Å²) in [7, 11) is 1.28. The van der Waals surface area contributed by atoms with E-state index in [0.29, 0.717) is 31.9 Å². The lowest BCUT2D eigenvalue weighted by atomic mass is 9.96. The topological polar surface area (TPSA) is 101 Å². The largest absolute Gasteiger partial charge is 0.465 e. The third-order valence-electron chi connectivity index (χ3n) is 7.43. The quantitative estimate of drug-likeness (QED) is 0.278. The summed E-state index contributed by atoms with van der Waals surface area (Å²) in [5.74, 6) is -1.23. The molecule has 1 fully saturated rings. The standard InChI is InChI=1S/C34H34N4O5/c1-42-34(41)29-22-28(25-14-16-35-17-15-25)12-13-30(29)36-31(39)23-43-24-32(40)37-18-20-38(21-19-37)33(26-8-4-2-5-9-26)27-10-6-3-7-11-27/h2-17,22,33H,18-21,23-24H2,1H3,(H,36,39). The molecular formula is C34H34N4O5. The molecule has 2 heterocycles. The Balaban J connectivity index is 1.13. The third kappa shape index (κ3) is 7.51. The van der Waals surface area contributed by atoms with Crippen LogP contribution in [0, 0.1) is 0 Å². The SMILES string of the molecule is COC(=O)c1cc(-c2ccncc2)ccc1NC(=O)COCC(=O)N1CCN(C(c2ccccc2)c2ccccc2)CC1. The molecule has 4 aromatic rings. The van der Waals surface area contributed by atoms with Crippen LogP contribution in [0.5, 0.6) is 0 Å². The van der Waals surface area contributed by atoms with E-state index in [4.69, 9.17) is 9.47 Å². The van der Waals surface area contributed by atoms with Crippen molar-refractivity contribution >= 4 is 23.5 Å². The molecule has 1 aliphatic heterocycles. The molecule has 2 amide bonds. The second-order valence-corrected chi connectivity index (χ2v) is 10.2. The van der Waals surface area contributed by atoms with Crippen molar-refractivity contribution in [1.29, 1.82) is 0 Å². The van der Waals surface area contributed by atoms with Crippen molar-refractivity contribution in [1.82, 2.24) is 14.8 Å². The van der Waals surface area contributed by atoms with Crippen LogP contribution >= 0.6 is 0 Å². The molecular weight excluding hydrogens is 544 g/mol. The number of carbonyl (C=O) groups excluding carboxylic acids is 3. The fraction of sp³-hybridized carbons (Fsp3) is 0.235. The lowest BCUT2D eigenvalue weighted by Gasteiger charge is -2.39. The molecule has 0 atom stereocenters. The molecule has 5 rings (SSSR count). The zero-order valence-electron chi connectivity index (χ0n) is 24.0. The number of ether oxygens (including phenoxy) is 2. The molecule has 0 radical (unpaired) electrons. The van der Waals surface area contributed by atoms with Gasteiger partial charge < -0.3 is 19.7 Å². The van der Waals surface area contributed by atoms with Gasteiger partial charge in [0.05, 0.1) is 24.4 Å². The van der Waals surface area contributed by atoms with Crippen LogP contribution in [0.15, 0.2) is 103 Å². The van der Waals surface area contributed by atoms with Crippen LogP contribution in [0.2, 0.25) is 0 Å². The van der Waals surface area contributed by atoms with Gasteiger partial charge in [0.25, 0.3) is 0 Å². The van der Waals surface area contributed by atoms with E-state index in [1.165, 1.54) is 18.2 Å². The van der Waals surface area contributed by atoms with Crippen LogP contribution < -0.4 is 5.32 Å². The molecule has 43 heavy (non-hydrogen) atoms. The molecule has 9 heteroatoms. The Labute approximate surface area is 251 Å². The predicted octanol–water partition coefficient (Wildman–Crippen LogP) is 4.42. The van der Waals surface area contributed by atoms with Gasteiger partial charge in [-0.15, -0.1) is 0 Å². The van der Waals surface area contributed by atoms with Crippen molar-refractivity contribution in [3.63, 3.8) is 0 Å². The van der Waals surface area contributed by atoms with Gasteiger partial charge in [-0.05, 0) is 46.5 Å². The number of nitrogens with zero attached hydrogens (tertiary/aromatic N) is 3. The number of carbonyl (C=O) groups is 3. The Morgan fingerprint density at radius 1 is 0.791 bits per heavy atom. The lowest BCUT2D eigenvalue weighted by Crippen LogP contribution is -2.50. The molecule has 0 aliphatic carbocycles. The summed E-state index contributed by atoms with van der Waals surface area (Å²) in [4.78, 5) is 46.2. The smallest absolute Gasteiger partial charge is 0.339 e. The highest BCUT2D eigenvalue weighted by Crippen LogP contribution is 2.29. The number of pyridine rings is 1. The molecule has 0 unspecified atom stereocenters. The van der Waals surface area contributed by atoms with Crippen molar-refractivity contribution < 1.29 is 23.9 Å². The number of aromatic nitrogens is 1. The maximum absolute atomic E-state index is 12.9. The van der Waals surface area contributed by atoms with Gasteiger partial charge in [-0.2, -0.15) is 0 Å². The summed E-state index contributed by atoms with van der Waals surface area (Å²) in [6.45, 7) is 2.02. The first-order valence-corrected chi connectivity index (χ1v) is 14.2. The van der Waals surface area contributed by atoms with Gasteiger partial charge in [-0.3, -0.25) is 19.5 Å². The van der Waals surface area contributed by atoms with Gasteiger partial charge in [0.2, 0.25) is 11.8 Å². The van der Waals surface area contributed by atoms with E-state index in [1.807, 2.05) is 48.5 Å². The monoisotopic (exact) mass is 578 g/mol. The molecule has 9 nitrogen and oxygen atoms in total.